The van der Waals surface area contributed by atoms with E-state index in [0.717, 1.165) is 12.1 Å². The number of benzene rings is 1. The molecule has 4 nitrogen and oxygen atoms in total. The number of hydrogen-bond acceptors (Lipinski definition) is 3. The van der Waals surface area contributed by atoms with Crippen LogP contribution in [0.25, 0.3) is 0 Å². The van der Waals surface area contributed by atoms with Gasteiger partial charge in [0, 0.05) is 12.1 Å². The second-order valence-electron chi connectivity index (χ2n) is 2.62. The van der Waals surface area contributed by atoms with E-state index in [1.165, 1.54) is 0 Å². The number of nitrogens with two attached hydrogens (primary N) is 1. The van der Waals surface area contributed by atoms with Crippen molar-refractivity contribution in [2.75, 3.05) is 0 Å². The summed E-state index contributed by atoms with van der Waals surface area (Å²) in [6.07, 6.45) is 0. The molecule has 0 heterocycles. The third-order valence-corrected chi connectivity index (χ3v) is 1.74. The van der Waals surface area contributed by atoms with Crippen molar-refractivity contribution in [1.82, 2.24) is 0 Å². The summed E-state index contributed by atoms with van der Waals surface area (Å²) in [6, 6.07) is 3.68. The number of nitriles is 1. The predicted octanol–water partition coefficient (Wildman–Crippen LogP) is 0.854. The highest BCUT2D eigenvalue weighted by Gasteiger charge is 2.12. The lowest BCUT2D eigenvalue weighted by atomic mass is 10.1. The van der Waals surface area contributed by atoms with E-state index in [-0.39, 0.29) is 23.2 Å². The Morgan fingerprint density at radius 2 is 2.29 bits per heavy atom. The highest BCUT2D eigenvalue weighted by molar-refractivity contribution is 5.88. The van der Waals surface area contributed by atoms with E-state index in [4.69, 9.17) is 16.1 Å². The van der Waals surface area contributed by atoms with Gasteiger partial charge in [0.2, 0.25) is 0 Å². The van der Waals surface area contributed by atoms with E-state index in [9.17, 15) is 9.18 Å². The molecule has 0 bridgehead atoms. The topological polar surface area (TPSA) is 87.1 Å². The standard InChI is InChI=1S/C9H7FN2O2/c10-8-6(3-11)1-5(9(13)14)2-7(8)4-12/h1-2H,3,11H2,(H,13,14). The van der Waals surface area contributed by atoms with Crippen molar-refractivity contribution in [3.05, 3.63) is 34.6 Å². The zero-order chi connectivity index (χ0) is 10.7. The number of carboxylic acids is 1. The molecule has 14 heavy (non-hydrogen) atoms. The fourth-order valence-electron chi connectivity index (χ4n) is 1.04. The number of carbonyl (C=O) groups is 1. The van der Waals surface area contributed by atoms with E-state index in [2.05, 4.69) is 0 Å². The van der Waals surface area contributed by atoms with E-state index in [0.29, 0.717) is 0 Å². The maximum Gasteiger partial charge on any atom is 0.335 e. The molecule has 0 unspecified atom stereocenters. The summed E-state index contributed by atoms with van der Waals surface area (Å²) in [5, 5.41) is 17.2. The Balaban J connectivity index is 3.41. The molecule has 0 aliphatic heterocycles. The Labute approximate surface area is 79.4 Å². The van der Waals surface area contributed by atoms with Crippen LogP contribution >= 0.6 is 0 Å². The van der Waals surface area contributed by atoms with Gasteiger partial charge in [-0.05, 0) is 12.1 Å². The maximum absolute atomic E-state index is 13.2. The summed E-state index contributed by atoms with van der Waals surface area (Å²) in [6.45, 7) is -0.137. The number of halogens is 1. The minimum absolute atomic E-state index is 0.0291. The Hall–Kier alpha value is -1.93. The SMILES string of the molecule is N#Cc1cc(C(=O)O)cc(CN)c1F. The van der Waals surface area contributed by atoms with Crippen molar-refractivity contribution in [2.24, 2.45) is 5.73 Å². The van der Waals surface area contributed by atoms with Gasteiger partial charge in [-0.1, -0.05) is 0 Å². The average molecular weight is 194 g/mol. The van der Waals surface area contributed by atoms with Gasteiger partial charge in [-0.3, -0.25) is 0 Å². The van der Waals surface area contributed by atoms with Crippen LogP contribution in [0.15, 0.2) is 12.1 Å². The Morgan fingerprint density at radius 3 is 2.71 bits per heavy atom. The summed E-state index contributed by atoms with van der Waals surface area (Å²) in [5.74, 6) is -1.96. The molecule has 0 atom stereocenters. The molecule has 0 aromatic heterocycles. The van der Waals surface area contributed by atoms with Crippen molar-refractivity contribution in [3.8, 4) is 6.07 Å². The molecule has 72 valence electrons. The van der Waals surface area contributed by atoms with Crippen LogP contribution < -0.4 is 5.73 Å². The summed E-state index contributed by atoms with van der Waals surface area (Å²) < 4.78 is 13.2. The second-order valence-corrected chi connectivity index (χ2v) is 2.62. The molecule has 1 aromatic carbocycles. The lowest BCUT2D eigenvalue weighted by Crippen LogP contribution is -2.06. The zero-order valence-corrected chi connectivity index (χ0v) is 7.12. The van der Waals surface area contributed by atoms with Gasteiger partial charge in [-0.2, -0.15) is 5.26 Å². The molecule has 0 fully saturated rings. The van der Waals surface area contributed by atoms with E-state index >= 15 is 0 Å². The Kier molecular flexibility index (Phi) is 2.79. The smallest absolute Gasteiger partial charge is 0.335 e. The predicted molar refractivity (Wildman–Crippen MR) is 46.0 cm³/mol. The number of hydrogen-bond donors (Lipinski definition) is 2. The minimum atomic E-state index is -1.21. The van der Waals surface area contributed by atoms with Gasteiger partial charge in [-0.25, -0.2) is 9.18 Å². The number of carboxylic acid groups (broad SMARTS) is 1. The lowest BCUT2D eigenvalue weighted by molar-refractivity contribution is 0.0696. The second kappa shape index (κ2) is 3.85. The monoisotopic (exact) mass is 194 g/mol. The average Bonchev–Trinajstić information content (AvgIpc) is 2.17. The van der Waals surface area contributed by atoms with E-state index in [1.54, 1.807) is 6.07 Å². The highest BCUT2D eigenvalue weighted by Crippen LogP contribution is 2.15. The van der Waals surface area contributed by atoms with Crippen molar-refractivity contribution >= 4 is 5.97 Å². The first-order valence-corrected chi connectivity index (χ1v) is 3.76. The Bertz CT molecular complexity index is 424. The lowest BCUT2D eigenvalue weighted by Gasteiger charge is -2.03. The fourth-order valence-corrected chi connectivity index (χ4v) is 1.04. The van der Waals surface area contributed by atoms with Crippen LogP contribution in [0.3, 0.4) is 0 Å². The van der Waals surface area contributed by atoms with Crippen molar-refractivity contribution < 1.29 is 14.3 Å². The molecule has 0 aliphatic carbocycles. The van der Waals surface area contributed by atoms with Crippen molar-refractivity contribution in [1.29, 1.82) is 5.26 Å². The van der Waals surface area contributed by atoms with E-state index < -0.39 is 11.8 Å². The molecule has 0 amide bonds. The quantitative estimate of drug-likeness (QED) is 0.730. The van der Waals surface area contributed by atoms with Gasteiger partial charge in [0.15, 0.2) is 0 Å². The number of aromatic carboxylic acids is 1. The maximum atomic E-state index is 13.2. The van der Waals surface area contributed by atoms with Crippen LogP contribution in [0.2, 0.25) is 0 Å². The van der Waals surface area contributed by atoms with Crippen LogP contribution in [0.1, 0.15) is 21.5 Å². The molecule has 0 radical (unpaired) electrons. The number of nitrogens with zero attached hydrogens (tertiary/aromatic N) is 1. The molecule has 0 aliphatic rings. The molecule has 1 rings (SSSR count). The zero-order valence-electron chi connectivity index (χ0n) is 7.12. The van der Waals surface area contributed by atoms with Gasteiger partial charge in [0.25, 0.3) is 0 Å². The largest absolute Gasteiger partial charge is 0.478 e. The first-order valence-electron chi connectivity index (χ1n) is 3.76. The van der Waals surface area contributed by atoms with Crippen LogP contribution in [-0.4, -0.2) is 11.1 Å². The van der Waals surface area contributed by atoms with E-state index in [1.807, 2.05) is 0 Å². The van der Waals surface area contributed by atoms with Crippen molar-refractivity contribution in [2.45, 2.75) is 6.54 Å². The van der Waals surface area contributed by atoms with Gasteiger partial charge < -0.3 is 10.8 Å². The van der Waals surface area contributed by atoms with Gasteiger partial charge in [0.1, 0.15) is 11.9 Å². The van der Waals surface area contributed by atoms with Gasteiger partial charge in [-0.15, -0.1) is 0 Å². The van der Waals surface area contributed by atoms with Crippen LogP contribution in [0, 0.1) is 17.1 Å². The first-order chi connectivity index (χ1) is 6.60. The third kappa shape index (κ3) is 1.70. The first kappa shape index (κ1) is 10.2. The molecule has 3 N–H and O–H groups in total. The van der Waals surface area contributed by atoms with Gasteiger partial charge >= 0.3 is 5.97 Å². The molecule has 0 saturated carbocycles. The molecular weight excluding hydrogens is 187 g/mol. The van der Waals surface area contributed by atoms with Crippen LogP contribution in [-0.2, 0) is 6.54 Å². The molecular formula is C9H7FN2O2. The molecule has 0 saturated heterocycles. The van der Waals surface area contributed by atoms with Crippen LogP contribution in [0.5, 0.6) is 0 Å². The fraction of sp³-hybridized carbons (Fsp3) is 0.111. The normalized spacial score (nSPS) is 9.50. The highest BCUT2D eigenvalue weighted by atomic mass is 19.1. The third-order valence-electron chi connectivity index (χ3n) is 1.74. The molecule has 1 aromatic rings. The summed E-state index contributed by atoms with van der Waals surface area (Å²) in [7, 11) is 0. The summed E-state index contributed by atoms with van der Waals surface area (Å²) in [5.41, 5.74) is 4.79. The number of rotatable bonds is 2. The van der Waals surface area contributed by atoms with Gasteiger partial charge in [0.05, 0.1) is 11.1 Å². The van der Waals surface area contributed by atoms with Crippen LogP contribution in [0.4, 0.5) is 4.39 Å². The molecule has 5 heteroatoms. The Morgan fingerprint density at radius 1 is 1.64 bits per heavy atom. The van der Waals surface area contributed by atoms with Crippen molar-refractivity contribution in [3.63, 3.8) is 0 Å². The molecule has 0 spiro atoms. The summed E-state index contributed by atoms with van der Waals surface area (Å²) in [4.78, 5) is 10.6. The summed E-state index contributed by atoms with van der Waals surface area (Å²) >= 11 is 0. The minimum Gasteiger partial charge on any atom is -0.478 e.